The van der Waals surface area contributed by atoms with Crippen LogP contribution in [0.3, 0.4) is 0 Å². The molecule has 0 fully saturated rings. The zero-order chi connectivity index (χ0) is 8.73. The summed E-state index contributed by atoms with van der Waals surface area (Å²) in [6.07, 6.45) is -1.83. The maximum atomic E-state index is 10.1. The fourth-order valence-electron chi connectivity index (χ4n) is 0. The molecule has 0 saturated heterocycles. The Balaban J connectivity index is 0. The fraction of sp³-hybridized carbons (Fsp3) is 0.600. The van der Waals surface area contributed by atoms with Crippen molar-refractivity contribution in [2.24, 2.45) is 0 Å². The van der Waals surface area contributed by atoms with Crippen molar-refractivity contribution in [1.29, 1.82) is 0 Å². The van der Waals surface area contributed by atoms with Crippen LogP contribution in [0, 0.1) is 0 Å². The number of hydrogen-bond acceptors (Lipinski definition) is 2. The summed E-state index contributed by atoms with van der Waals surface area (Å²) < 4.78 is 0. The average molecular weight is 149 g/mol. The van der Waals surface area contributed by atoms with Crippen LogP contribution in [0.2, 0.25) is 0 Å². The van der Waals surface area contributed by atoms with Crippen molar-refractivity contribution >= 4 is 12.1 Å². The second-order valence-electron chi connectivity index (χ2n) is 1.70. The molecular formula is C5H11NO4. The van der Waals surface area contributed by atoms with Gasteiger partial charge in [0.15, 0.2) is 0 Å². The highest BCUT2D eigenvalue weighted by molar-refractivity contribution is 5.72. The van der Waals surface area contributed by atoms with E-state index in [4.69, 9.17) is 15.0 Å². The molecule has 0 atom stereocenters. The van der Waals surface area contributed by atoms with Crippen LogP contribution in [-0.2, 0) is 4.79 Å². The molecule has 0 unspecified atom stereocenters. The first-order valence-electron chi connectivity index (χ1n) is 2.47. The minimum absolute atomic E-state index is 0.0926. The summed E-state index contributed by atoms with van der Waals surface area (Å²) in [6, 6.07) is 0. The van der Waals surface area contributed by atoms with Crippen LogP contribution in [-0.4, -0.2) is 41.3 Å². The molecule has 0 saturated carbocycles. The molecule has 1 amide bonds. The van der Waals surface area contributed by atoms with Crippen molar-refractivity contribution in [1.82, 2.24) is 4.90 Å². The monoisotopic (exact) mass is 149 g/mol. The SMILES string of the molecule is CC(=O)N(C)C.O=C(O)O. The summed E-state index contributed by atoms with van der Waals surface area (Å²) in [4.78, 5) is 20.2. The fourth-order valence-corrected chi connectivity index (χ4v) is 0. The molecule has 0 aliphatic rings. The lowest BCUT2D eigenvalue weighted by Crippen LogP contribution is -2.17. The Hall–Kier alpha value is -1.26. The Kier molecular flexibility index (Phi) is 6.76. The molecule has 0 aromatic carbocycles. The van der Waals surface area contributed by atoms with Gasteiger partial charge in [-0.3, -0.25) is 4.79 Å². The standard InChI is InChI=1S/C4H9NO.CH2O3/c1-4(6)5(2)3;2-1(3)4/h1-3H3;(H2,2,3,4). The van der Waals surface area contributed by atoms with Gasteiger partial charge in [0.1, 0.15) is 0 Å². The van der Waals surface area contributed by atoms with Crippen LogP contribution in [0.4, 0.5) is 4.79 Å². The molecule has 10 heavy (non-hydrogen) atoms. The van der Waals surface area contributed by atoms with Crippen LogP contribution in [0.25, 0.3) is 0 Å². The van der Waals surface area contributed by atoms with E-state index in [1.54, 1.807) is 14.1 Å². The maximum Gasteiger partial charge on any atom is 0.503 e. The topological polar surface area (TPSA) is 77.8 Å². The van der Waals surface area contributed by atoms with Crippen molar-refractivity contribution in [3.63, 3.8) is 0 Å². The van der Waals surface area contributed by atoms with Gasteiger partial charge in [-0.05, 0) is 0 Å². The molecule has 0 aliphatic carbocycles. The van der Waals surface area contributed by atoms with Gasteiger partial charge >= 0.3 is 6.16 Å². The molecular weight excluding hydrogens is 138 g/mol. The predicted molar refractivity (Wildman–Crippen MR) is 35.0 cm³/mol. The van der Waals surface area contributed by atoms with Gasteiger partial charge in [0, 0.05) is 21.0 Å². The third-order valence-corrected chi connectivity index (χ3v) is 0.630. The number of nitrogens with zero attached hydrogens (tertiary/aromatic N) is 1. The van der Waals surface area contributed by atoms with Crippen LogP contribution in [0.15, 0.2) is 0 Å². The summed E-state index contributed by atoms with van der Waals surface area (Å²) in [5, 5.41) is 13.9. The van der Waals surface area contributed by atoms with Crippen molar-refractivity contribution < 1.29 is 19.8 Å². The van der Waals surface area contributed by atoms with Gasteiger partial charge in [0.25, 0.3) is 0 Å². The number of rotatable bonds is 0. The molecule has 0 aliphatic heterocycles. The molecule has 0 aromatic heterocycles. The maximum absolute atomic E-state index is 10.1. The van der Waals surface area contributed by atoms with E-state index in [9.17, 15) is 4.79 Å². The first-order valence-corrected chi connectivity index (χ1v) is 2.47. The van der Waals surface area contributed by atoms with Crippen LogP contribution in [0.1, 0.15) is 6.92 Å². The van der Waals surface area contributed by atoms with Crippen molar-refractivity contribution in [3.8, 4) is 0 Å². The third-order valence-electron chi connectivity index (χ3n) is 0.630. The first-order chi connectivity index (χ1) is 4.37. The molecule has 0 bridgehead atoms. The van der Waals surface area contributed by atoms with Gasteiger partial charge in [0.2, 0.25) is 5.91 Å². The molecule has 0 spiro atoms. The lowest BCUT2D eigenvalue weighted by molar-refractivity contribution is -0.126. The Labute approximate surface area is 58.9 Å². The molecule has 5 nitrogen and oxygen atoms in total. The predicted octanol–water partition coefficient (Wildman–Crippen LogP) is 0.317. The highest BCUT2D eigenvalue weighted by atomic mass is 16.6. The molecule has 0 heterocycles. The van der Waals surface area contributed by atoms with Gasteiger partial charge in [-0.1, -0.05) is 0 Å². The number of carboxylic acid groups (broad SMARTS) is 2. The van der Waals surface area contributed by atoms with Gasteiger partial charge in [-0.25, -0.2) is 4.79 Å². The van der Waals surface area contributed by atoms with E-state index in [0.29, 0.717) is 0 Å². The summed E-state index contributed by atoms with van der Waals surface area (Å²) in [5.41, 5.74) is 0. The van der Waals surface area contributed by atoms with E-state index >= 15 is 0 Å². The minimum Gasteiger partial charge on any atom is -0.450 e. The molecule has 5 heteroatoms. The zero-order valence-electron chi connectivity index (χ0n) is 6.16. The van der Waals surface area contributed by atoms with Gasteiger partial charge in [-0.15, -0.1) is 0 Å². The highest BCUT2D eigenvalue weighted by Gasteiger charge is 1.87. The van der Waals surface area contributed by atoms with Crippen LogP contribution >= 0.6 is 0 Å². The Morgan fingerprint density at radius 1 is 1.20 bits per heavy atom. The van der Waals surface area contributed by atoms with E-state index in [-0.39, 0.29) is 5.91 Å². The van der Waals surface area contributed by atoms with Crippen molar-refractivity contribution in [2.75, 3.05) is 14.1 Å². The summed E-state index contributed by atoms with van der Waals surface area (Å²) in [6.45, 7) is 1.53. The first kappa shape index (κ1) is 11.5. The lowest BCUT2D eigenvalue weighted by Gasteiger charge is -2.02. The van der Waals surface area contributed by atoms with Gasteiger partial charge < -0.3 is 15.1 Å². The largest absolute Gasteiger partial charge is 0.503 e. The molecule has 0 aromatic rings. The quantitative estimate of drug-likeness (QED) is 0.519. The molecule has 60 valence electrons. The van der Waals surface area contributed by atoms with E-state index < -0.39 is 6.16 Å². The van der Waals surface area contributed by atoms with Crippen molar-refractivity contribution in [3.05, 3.63) is 0 Å². The zero-order valence-corrected chi connectivity index (χ0v) is 6.16. The van der Waals surface area contributed by atoms with E-state index in [2.05, 4.69) is 0 Å². The number of hydrogen-bond donors (Lipinski definition) is 2. The smallest absolute Gasteiger partial charge is 0.450 e. The molecule has 2 N–H and O–H groups in total. The molecule has 0 radical (unpaired) electrons. The number of carbonyl (C=O) groups excluding carboxylic acids is 1. The second-order valence-corrected chi connectivity index (χ2v) is 1.70. The van der Waals surface area contributed by atoms with E-state index in [0.717, 1.165) is 0 Å². The summed E-state index contributed by atoms with van der Waals surface area (Å²) in [7, 11) is 3.45. The number of carbonyl (C=O) groups is 2. The van der Waals surface area contributed by atoms with Crippen LogP contribution in [0.5, 0.6) is 0 Å². The van der Waals surface area contributed by atoms with E-state index in [1.807, 2.05) is 0 Å². The normalized spacial score (nSPS) is 7.10. The highest BCUT2D eigenvalue weighted by Crippen LogP contribution is 1.69. The van der Waals surface area contributed by atoms with Gasteiger partial charge in [0.05, 0.1) is 0 Å². The third kappa shape index (κ3) is 29.6. The summed E-state index contributed by atoms with van der Waals surface area (Å²) in [5.74, 6) is 0.0926. The molecule has 0 rings (SSSR count). The van der Waals surface area contributed by atoms with Crippen molar-refractivity contribution in [2.45, 2.75) is 6.92 Å². The summed E-state index contributed by atoms with van der Waals surface area (Å²) >= 11 is 0. The Bertz CT molecular complexity index is 117. The van der Waals surface area contributed by atoms with Gasteiger partial charge in [-0.2, -0.15) is 0 Å². The second kappa shape index (κ2) is 5.87. The number of amides is 1. The van der Waals surface area contributed by atoms with E-state index in [1.165, 1.54) is 11.8 Å². The lowest BCUT2D eigenvalue weighted by atomic mass is 10.7. The average Bonchev–Trinajstić information content (AvgIpc) is 1.63. The Morgan fingerprint density at radius 2 is 1.30 bits per heavy atom. The Morgan fingerprint density at radius 3 is 1.30 bits per heavy atom. The van der Waals surface area contributed by atoms with Crippen LogP contribution < -0.4 is 0 Å². The minimum atomic E-state index is -1.83.